The van der Waals surface area contributed by atoms with E-state index in [4.69, 9.17) is 9.47 Å². The van der Waals surface area contributed by atoms with Gasteiger partial charge in [-0.05, 0) is 50.1 Å². The van der Waals surface area contributed by atoms with Crippen LogP contribution in [0.15, 0.2) is 24.3 Å². The molecule has 3 nitrogen and oxygen atoms in total. The predicted octanol–water partition coefficient (Wildman–Crippen LogP) is 3.77. The number of likely N-dealkylation sites (N-methyl/N-ethyl adjacent to an activating group) is 1. The molecule has 1 N–H and O–H groups in total. The Bertz CT molecular complexity index is 377. The minimum absolute atomic E-state index is 0.281. The first kappa shape index (κ1) is 15.2. The highest BCUT2D eigenvalue weighted by Crippen LogP contribution is 2.24. The molecule has 20 heavy (non-hydrogen) atoms. The molecule has 0 bridgehead atoms. The SMILES string of the molecule is CCNC1CCCCCCC1Oc1ccc(OC)cc1. The van der Waals surface area contributed by atoms with Crippen LogP contribution in [0, 0.1) is 0 Å². The second kappa shape index (κ2) is 8.15. The molecule has 1 saturated carbocycles. The number of methoxy groups -OCH3 is 1. The third-order valence-electron chi connectivity index (χ3n) is 4.02. The molecule has 1 aliphatic carbocycles. The van der Waals surface area contributed by atoms with Gasteiger partial charge in [-0.25, -0.2) is 0 Å². The molecule has 0 saturated heterocycles. The molecular weight excluding hydrogens is 250 g/mol. The lowest BCUT2D eigenvalue weighted by molar-refractivity contribution is 0.128. The van der Waals surface area contributed by atoms with Gasteiger partial charge in [-0.3, -0.25) is 0 Å². The van der Waals surface area contributed by atoms with E-state index in [0.717, 1.165) is 24.5 Å². The highest BCUT2D eigenvalue weighted by atomic mass is 16.5. The average Bonchev–Trinajstić information content (AvgIpc) is 2.46. The molecule has 1 aliphatic rings. The molecule has 2 atom stereocenters. The molecule has 1 aromatic carbocycles. The Morgan fingerprint density at radius 2 is 1.65 bits per heavy atom. The summed E-state index contributed by atoms with van der Waals surface area (Å²) in [7, 11) is 1.69. The highest BCUT2D eigenvalue weighted by molar-refractivity contribution is 5.31. The minimum atomic E-state index is 0.281. The lowest BCUT2D eigenvalue weighted by Gasteiger charge is -2.30. The summed E-state index contributed by atoms with van der Waals surface area (Å²) in [5.41, 5.74) is 0. The van der Waals surface area contributed by atoms with Gasteiger partial charge in [-0.15, -0.1) is 0 Å². The summed E-state index contributed by atoms with van der Waals surface area (Å²) in [6.45, 7) is 3.18. The van der Waals surface area contributed by atoms with Gasteiger partial charge >= 0.3 is 0 Å². The zero-order chi connectivity index (χ0) is 14.2. The van der Waals surface area contributed by atoms with E-state index < -0.39 is 0 Å². The fraction of sp³-hybridized carbons (Fsp3) is 0.647. The van der Waals surface area contributed by atoms with Gasteiger partial charge in [0.2, 0.25) is 0 Å². The quantitative estimate of drug-likeness (QED) is 0.888. The lowest BCUT2D eigenvalue weighted by atomic mass is 9.94. The molecular formula is C17H27NO2. The van der Waals surface area contributed by atoms with Gasteiger partial charge in [0.25, 0.3) is 0 Å². The van der Waals surface area contributed by atoms with Crippen molar-refractivity contribution in [3.63, 3.8) is 0 Å². The van der Waals surface area contributed by atoms with Crippen LogP contribution in [0.25, 0.3) is 0 Å². The summed E-state index contributed by atoms with van der Waals surface area (Å²) in [4.78, 5) is 0. The van der Waals surface area contributed by atoms with Crippen LogP contribution in [0.1, 0.15) is 45.4 Å². The van der Waals surface area contributed by atoms with Gasteiger partial charge in [0.1, 0.15) is 17.6 Å². The van der Waals surface area contributed by atoms with Crippen molar-refractivity contribution >= 4 is 0 Å². The summed E-state index contributed by atoms with van der Waals surface area (Å²) in [5, 5.41) is 3.60. The average molecular weight is 277 g/mol. The molecule has 0 aromatic heterocycles. The number of rotatable bonds is 5. The van der Waals surface area contributed by atoms with Crippen LogP contribution in [0.5, 0.6) is 11.5 Å². The highest BCUT2D eigenvalue weighted by Gasteiger charge is 2.23. The molecule has 0 spiro atoms. The van der Waals surface area contributed by atoms with Crippen LogP contribution in [0.2, 0.25) is 0 Å². The minimum Gasteiger partial charge on any atom is -0.497 e. The van der Waals surface area contributed by atoms with Crippen molar-refractivity contribution in [1.29, 1.82) is 0 Å². The van der Waals surface area contributed by atoms with Gasteiger partial charge in [0, 0.05) is 6.04 Å². The van der Waals surface area contributed by atoms with Crippen molar-refractivity contribution < 1.29 is 9.47 Å². The van der Waals surface area contributed by atoms with Crippen molar-refractivity contribution in [2.24, 2.45) is 0 Å². The molecule has 0 amide bonds. The Morgan fingerprint density at radius 1 is 1.00 bits per heavy atom. The van der Waals surface area contributed by atoms with Gasteiger partial charge in [-0.2, -0.15) is 0 Å². The van der Waals surface area contributed by atoms with E-state index in [1.807, 2.05) is 24.3 Å². The fourth-order valence-corrected chi connectivity index (χ4v) is 2.92. The predicted molar refractivity (Wildman–Crippen MR) is 82.6 cm³/mol. The van der Waals surface area contributed by atoms with E-state index in [-0.39, 0.29) is 6.10 Å². The van der Waals surface area contributed by atoms with Gasteiger partial charge in [0.15, 0.2) is 0 Å². The van der Waals surface area contributed by atoms with Crippen LogP contribution in [-0.4, -0.2) is 25.8 Å². The summed E-state index contributed by atoms with van der Waals surface area (Å²) in [6, 6.07) is 8.39. The summed E-state index contributed by atoms with van der Waals surface area (Å²) in [5.74, 6) is 1.82. The Kier molecular flexibility index (Phi) is 6.19. The maximum absolute atomic E-state index is 6.24. The first-order valence-electron chi connectivity index (χ1n) is 7.87. The van der Waals surface area contributed by atoms with Gasteiger partial charge < -0.3 is 14.8 Å². The first-order valence-corrected chi connectivity index (χ1v) is 7.87. The monoisotopic (exact) mass is 277 g/mol. The molecule has 3 heteroatoms. The van der Waals surface area contributed by atoms with Crippen molar-refractivity contribution in [3.8, 4) is 11.5 Å². The van der Waals surface area contributed by atoms with E-state index in [1.54, 1.807) is 7.11 Å². The van der Waals surface area contributed by atoms with E-state index in [2.05, 4.69) is 12.2 Å². The Balaban J connectivity index is 2.00. The van der Waals surface area contributed by atoms with Gasteiger partial charge in [0.05, 0.1) is 7.11 Å². The topological polar surface area (TPSA) is 30.5 Å². The van der Waals surface area contributed by atoms with Crippen LogP contribution in [0.3, 0.4) is 0 Å². The Labute approximate surface area is 122 Å². The summed E-state index contributed by atoms with van der Waals surface area (Å²) >= 11 is 0. The smallest absolute Gasteiger partial charge is 0.120 e. The van der Waals surface area contributed by atoms with Crippen LogP contribution in [0.4, 0.5) is 0 Å². The van der Waals surface area contributed by atoms with E-state index >= 15 is 0 Å². The maximum atomic E-state index is 6.24. The third-order valence-corrected chi connectivity index (χ3v) is 4.02. The van der Waals surface area contributed by atoms with Crippen LogP contribution < -0.4 is 14.8 Å². The number of ether oxygens (including phenoxy) is 2. The fourth-order valence-electron chi connectivity index (χ4n) is 2.92. The normalized spacial score (nSPS) is 23.7. The molecule has 0 radical (unpaired) electrons. The second-order valence-electron chi connectivity index (χ2n) is 5.49. The first-order chi connectivity index (χ1) is 9.83. The molecule has 0 aliphatic heterocycles. The standard InChI is InChI=1S/C17H27NO2/c1-3-18-16-8-6-4-5-7-9-17(16)20-15-12-10-14(19-2)11-13-15/h10-13,16-18H,3-9H2,1-2H3. The molecule has 0 heterocycles. The maximum Gasteiger partial charge on any atom is 0.120 e. The van der Waals surface area contributed by atoms with Crippen molar-refractivity contribution in [3.05, 3.63) is 24.3 Å². The van der Waals surface area contributed by atoms with Crippen molar-refractivity contribution in [1.82, 2.24) is 5.32 Å². The molecule has 1 fully saturated rings. The number of hydrogen-bond acceptors (Lipinski definition) is 3. The molecule has 2 unspecified atom stereocenters. The lowest BCUT2D eigenvalue weighted by Crippen LogP contribution is -2.43. The van der Waals surface area contributed by atoms with E-state index in [0.29, 0.717) is 6.04 Å². The van der Waals surface area contributed by atoms with Crippen LogP contribution in [-0.2, 0) is 0 Å². The number of hydrogen-bond donors (Lipinski definition) is 1. The largest absolute Gasteiger partial charge is 0.497 e. The Hall–Kier alpha value is -1.22. The van der Waals surface area contributed by atoms with Gasteiger partial charge in [-0.1, -0.05) is 26.2 Å². The number of benzene rings is 1. The summed E-state index contributed by atoms with van der Waals surface area (Å²) < 4.78 is 11.4. The zero-order valence-electron chi connectivity index (χ0n) is 12.7. The van der Waals surface area contributed by atoms with Crippen molar-refractivity contribution in [2.75, 3.05) is 13.7 Å². The van der Waals surface area contributed by atoms with Crippen LogP contribution >= 0.6 is 0 Å². The zero-order valence-corrected chi connectivity index (χ0v) is 12.7. The number of nitrogens with one attached hydrogen (secondary N) is 1. The molecule has 1 aromatic rings. The molecule has 2 rings (SSSR count). The second-order valence-corrected chi connectivity index (χ2v) is 5.49. The Morgan fingerprint density at radius 3 is 2.30 bits per heavy atom. The third kappa shape index (κ3) is 4.41. The molecule has 112 valence electrons. The van der Waals surface area contributed by atoms with E-state index in [9.17, 15) is 0 Å². The summed E-state index contributed by atoms with van der Waals surface area (Å²) in [6.07, 6.45) is 7.91. The van der Waals surface area contributed by atoms with E-state index in [1.165, 1.54) is 32.1 Å². The van der Waals surface area contributed by atoms with Crippen molar-refractivity contribution in [2.45, 2.75) is 57.6 Å².